The smallest absolute Gasteiger partial charge is 0.225 e. The van der Waals surface area contributed by atoms with Gasteiger partial charge in [0.2, 0.25) is 5.91 Å². The van der Waals surface area contributed by atoms with Crippen LogP contribution in [0.2, 0.25) is 5.02 Å². The maximum Gasteiger partial charge on any atom is 0.225 e. The zero-order chi connectivity index (χ0) is 17.0. The monoisotopic (exact) mass is 351 g/mol. The standard InChI is InChI=1S/C17H18ClNO3S/c1-12-3-8-16(13(2)11-12)19-17(20)9-10-23(21,22)15-6-4-14(18)5-7-15/h3-8,11H,9-10H2,1-2H3,(H,19,20). The molecule has 0 unspecified atom stereocenters. The molecule has 0 radical (unpaired) electrons. The van der Waals surface area contributed by atoms with Crippen LogP contribution in [-0.4, -0.2) is 20.1 Å². The first-order chi connectivity index (χ1) is 10.8. The van der Waals surface area contributed by atoms with Gasteiger partial charge in [0.25, 0.3) is 0 Å². The van der Waals surface area contributed by atoms with Gasteiger partial charge in [0.1, 0.15) is 0 Å². The minimum Gasteiger partial charge on any atom is -0.326 e. The van der Waals surface area contributed by atoms with Crippen LogP contribution >= 0.6 is 11.6 Å². The zero-order valence-electron chi connectivity index (χ0n) is 13.0. The Morgan fingerprint density at radius 2 is 1.74 bits per heavy atom. The lowest BCUT2D eigenvalue weighted by molar-refractivity contribution is -0.115. The third kappa shape index (κ3) is 4.81. The molecule has 0 aliphatic rings. The number of aryl methyl sites for hydroxylation is 2. The fourth-order valence-corrected chi connectivity index (χ4v) is 3.52. The number of hydrogen-bond acceptors (Lipinski definition) is 3. The number of amides is 1. The number of nitrogens with one attached hydrogen (secondary N) is 1. The molecule has 2 aromatic carbocycles. The van der Waals surface area contributed by atoms with E-state index in [9.17, 15) is 13.2 Å². The summed E-state index contributed by atoms with van der Waals surface area (Å²) in [6.07, 6.45) is -0.0989. The van der Waals surface area contributed by atoms with Crippen molar-refractivity contribution in [3.8, 4) is 0 Å². The third-order valence-corrected chi connectivity index (χ3v) is 5.41. The summed E-state index contributed by atoms with van der Waals surface area (Å²) in [4.78, 5) is 12.2. The minimum absolute atomic E-state index is 0.0989. The molecular formula is C17H18ClNO3S. The van der Waals surface area contributed by atoms with Crippen molar-refractivity contribution < 1.29 is 13.2 Å². The maximum atomic E-state index is 12.2. The molecule has 0 aliphatic carbocycles. The van der Waals surface area contributed by atoms with Crippen molar-refractivity contribution in [1.82, 2.24) is 0 Å². The van der Waals surface area contributed by atoms with Crippen LogP contribution in [-0.2, 0) is 14.6 Å². The van der Waals surface area contributed by atoms with Gasteiger partial charge in [-0.15, -0.1) is 0 Å². The highest BCUT2D eigenvalue weighted by Crippen LogP contribution is 2.18. The van der Waals surface area contributed by atoms with Crippen LogP contribution in [0.4, 0.5) is 5.69 Å². The average Bonchev–Trinajstić information content (AvgIpc) is 2.49. The number of rotatable bonds is 5. The molecule has 2 aromatic rings. The van der Waals surface area contributed by atoms with E-state index in [4.69, 9.17) is 11.6 Å². The van der Waals surface area contributed by atoms with Gasteiger partial charge < -0.3 is 5.32 Å². The third-order valence-electron chi connectivity index (χ3n) is 3.43. The van der Waals surface area contributed by atoms with E-state index in [1.165, 1.54) is 24.3 Å². The van der Waals surface area contributed by atoms with Crippen LogP contribution in [0, 0.1) is 13.8 Å². The SMILES string of the molecule is Cc1ccc(NC(=O)CCS(=O)(=O)c2ccc(Cl)cc2)c(C)c1. The Labute approximate surface area is 141 Å². The van der Waals surface area contributed by atoms with Crippen molar-refractivity contribution in [3.63, 3.8) is 0 Å². The summed E-state index contributed by atoms with van der Waals surface area (Å²) in [7, 11) is -3.50. The molecular weight excluding hydrogens is 334 g/mol. The van der Waals surface area contributed by atoms with Crippen molar-refractivity contribution in [2.45, 2.75) is 25.2 Å². The van der Waals surface area contributed by atoms with E-state index in [2.05, 4.69) is 5.32 Å². The predicted octanol–water partition coefficient (Wildman–Crippen LogP) is 3.76. The Bertz CT molecular complexity index is 814. The number of benzene rings is 2. The van der Waals surface area contributed by atoms with E-state index in [0.717, 1.165) is 11.1 Å². The van der Waals surface area contributed by atoms with E-state index in [0.29, 0.717) is 10.7 Å². The Kier molecular flexibility index (Phi) is 5.44. The molecule has 0 heterocycles. The summed E-state index contributed by atoms with van der Waals surface area (Å²) >= 11 is 5.75. The van der Waals surface area contributed by atoms with Gasteiger partial charge in [-0.1, -0.05) is 29.3 Å². The molecule has 1 N–H and O–H groups in total. The number of halogens is 1. The lowest BCUT2D eigenvalue weighted by Gasteiger charge is -2.09. The van der Waals surface area contributed by atoms with E-state index < -0.39 is 9.84 Å². The fourth-order valence-electron chi connectivity index (χ4n) is 2.15. The number of sulfone groups is 1. The Balaban J connectivity index is 1.99. The molecule has 4 nitrogen and oxygen atoms in total. The summed E-state index contributed by atoms with van der Waals surface area (Å²) < 4.78 is 24.4. The lowest BCUT2D eigenvalue weighted by Crippen LogP contribution is -2.18. The summed E-state index contributed by atoms with van der Waals surface area (Å²) in [6.45, 7) is 3.87. The highest BCUT2D eigenvalue weighted by atomic mass is 35.5. The normalized spacial score (nSPS) is 11.3. The molecule has 23 heavy (non-hydrogen) atoms. The van der Waals surface area contributed by atoms with Gasteiger partial charge in [0, 0.05) is 17.1 Å². The second-order valence-electron chi connectivity index (χ2n) is 5.39. The van der Waals surface area contributed by atoms with Gasteiger partial charge in [0.05, 0.1) is 10.6 Å². The summed E-state index contributed by atoms with van der Waals surface area (Å²) in [6, 6.07) is 11.6. The highest BCUT2D eigenvalue weighted by molar-refractivity contribution is 7.91. The van der Waals surface area contributed by atoms with Crippen LogP contribution in [0.1, 0.15) is 17.5 Å². The molecule has 122 valence electrons. The second kappa shape index (κ2) is 7.15. The topological polar surface area (TPSA) is 63.2 Å². The zero-order valence-corrected chi connectivity index (χ0v) is 14.5. The van der Waals surface area contributed by atoms with E-state index >= 15 is 0 Å². The van der Waals surface area contributed by atoms with Gasteiger partial charge in [-0.05, 0) is 49.7 Å². The average molecular weight is 352 g/mol. The number of anilines is 1. The largest absolute Gasteiger partial charge is 0.326 e. The first-order valence-electron chi connectivity index (χ1n) is 7.13. The molecule has 0 spiro atoms. The van der Waals surface area contributed by atoms with Gasteiger partial charge in [-0.25, -0.2) is 8.42 Å². The van der Waals surface area contributed by atoms with Gasteiger partial charge in [0.15, 0.2) is 9.84 Å². The second-order valence-corrected chi connectivity index (χ2v) is 7.93. The minimum atomic E-state index is -3.50. The van der Waals surface area contributed by atoms with Crippen LogP contribution in [0.15, 0.2) is 47.4 Å². The Morgan fingerprint density at radius 3 is 2.35 bits per heavy atom. The molecule has 0 atom stereocenters. The molecule has 0 saturated heterocycles. The number of carbonyl (C=O) groups excluding carboxylic acids is 1. The van der Waals surface area contributed by atoms with Crippen molar-refractivity contribution in [3.05, 3.63) is 58.6 Å². The van der Waals surface area contributed by atoms with Gasteiger partial charge in [-0.3, -0.25) is 4.79 Å². The predicted molar refractivity (Wildman–Crippen MR) is 92.7 cm³/mol. The molecule has 6 heteroatoms. The Hall–Kier alpha value is -1.85. The first-order valence-corrected chi connectivity index (χ1v) is 9.16. The number of hydrogen-bond donors (Lipinski definition) is 1. The van der Waals surface area contributed by atoms with E-state index in [-0.39, 0.29) is 23.0 Å². The van der Waals surface area contributed by atoms with E-state index in [1.54, 1.807) is 0 Å². The van der Waals surface area contributed by atoms with Crippen molar-refractivity contribution in [1.29, 1.82) is 0 Å². The van der Waals surface area contributed by atoms with Crippen molar-refractivity contribution in [2.75, 3.05) is 11.1 Å². The molecule has 0 saturated carbocycles. The summed E-state index contributed by atoms with van der Waals surface area (Å²) in [5, 5.41) is 3.22. The summed E-state index contributed by atoms with van der Waals surface area (Å²) in [5.74, 6) is -0.569. The molecule has 0 aliphatic heterocycles. The first kappa shape index (κ1) is 17.5. The highest BCUT2D eigenvalue weighted by Gasteiger charge is 2.16. The quantitative estimate of drug-likeness (QED) is 0.892. The van der Waals surface area contributed by atoms with Crippen LogP contribution in [0.25, 0.3) is 0 Å². The Morgan fingerprint density at radius 1 is 1.09 bits per heavy atom. The molecule has 1 amide bonds. The molecule has 0 fully saturated rings. The number of carbonyl (C=O) groups is 1. The summed E-state index contributed by atoms with van der Waals surface area (Å²) in [5.41, 5.74) is 2.74. The van der Waals surface area contributed by atoms with Gasteiger partial charge >= 0.3 is 0 Å². The van der Waals surface area contributed by atoms with Crippen LogP contribution < -0.4 is 5.32 Å². The van der Waals surface area contributed by atoms with E-state index in [1.807, 2.05) is 32.0 Å². The maximum absolute atomic E-state index is 12.2. The van der Waals surface area contributed by atoms with Crippen molar-refractivity contribution >= 4 is 33.0 Å². The van der Waals surface area contributed by atoms with Crippen LogP contribution in [0.3, 0.4) is 0 Å². The van der Waals surface area contributed by atoms with Gasteiger partial charge in [-0.2, -0.15) is 0 Å². The molecule has 0 aromatic heterocycles. The molecule has 0 bridgehead atoms. The fraction of sp³-hybridized carbons (Fsp3) is 0.235. The van der Waals surface area contributed by atoms with Crippen molar-refractivity contribution in [2.24, 2.45) is 0 Å². The molecule has 2 rings (SSSR count). The lowest BCUT2D eigenvalue weighted by atomic mass is 10.1. The van der Waals surface area contributed by atoms with Crippen LogP contribution in [0.5, 0.6) is 0 Å².